The molecule has 1 aliphatic rings. The number of hydrogen-bond acceptors (Lipinski definition) is 7. The summed E-state index contributed by atoms with van der Waals surface area (Å²) in [5, 5.41) is 19.6. The number of amidine groups is 1. The first-order chi connectivity index (χ1) is 16.5. The number of benzene rings is 2. The highest BCUT2D eigenvalue weighted by Gasteiger charge is 2.34. The van der Waals surface area contributed by atoms with Crippen LogP contribution >= 0.6 is 11.8 Å². The summed E-state index contributed by atoms with van der Waals surface area (Å²) < 4.78 is 5.41. The summed E-state index contributed by atoms with van der Waals surface area (Å²) >= 11 is 1.23. The van der Waals surface area contributed by atoms with Crippen LogP contribution in [0.4, 0.5) is 5.69 Å². The van der Waals surface area contributed by atoms with Gasteiger partial charge in [0.2, 0.25) is 0 Å². The number of allylic oxidation sites excluding steroid dienone is 2. The van der Waals surface area contributed by atoms with Crippen LogP contribution in [0, 0.1) is 10.1 Å². The van der Waals surface area contributed by atoms with E-state index < -0.39 is 4.92 Å². The van der Waals surface area contributed by atoms with Gasteiger partial charge in [-0.2, -0.15) is 5.10 Å². The highest BCUT2D eigenvalue weighted by atomic mass is 32.2. The van der Waals surface area contributed by atoms with Crippen molar-refractivity contribution in [2.24, 2.45) is 10.2 Å². The molecule has 8 nitrogen and oxygen atoms in total. The monoisotopic (exact) mass is 472 g/mol. The Morgan fingerprint density at radius 1 is 1.09 bits per heavy atom. The fourth-order valence-corrected chi connectivity index (χ4v) is 4.15. The highest BCUT2D eigenvalue weighted by molar-refractivity contribution is 8.18. The summed E-state index contributed by atoms with van der Waals surface area (Å²) in [6.45, 7) is 2.16. The van der Waals surface area contributed by atoms with Crippen molar-refractivity contribution in [1.29, 1.82) is 0 Å². The van der Waals surface area contributed by atoms with Crippen molar-refractivity contribution < 1.29 is 14.1 Å². The van der Waals surface area contributed by atoms with E-state index >= 15 is 0 Å². The van der Waals surface area contributed by atoms with E-state index in [1.165, 1.54) is 35.0 Å². The van der Waals surface area contributed by atoms with Gasteiger partial charge in [-0.3, -0.25) is 19.8 Å². The van der Waals surface area contributed by atoms with Crippen molar-refractivity contribution in [1.82, 2.24) is 4.90 Å². The average Bonchev–Trinajstić information content (AvgIpc) is 3.44. The second-order valence-corrected chi connectivity index (χ2v) is 8.37. The highest BCUT2D eigenvalue weighted by Crippen LogP contribution is 2.33. The van der Waals surface area contributed by atoms with E-state index in [0.29, 0.717) is 21.4 Å². The Hall–Kier alpha value is -4.24. The van der Waals surface area contributed by atoms with E-state index in [-0.39, 0.29) is 18.1 Å². The molecule has 0 N–H and O–H groups in total. The van der Waals surface area contributed by atoms with E-state index in [0.717, 1.165) is 11.1 Å². The molecule has 0 spiro atoms. The molecule has 1 aliphatic heterocycles. The Kier molecular flexibility index (Phi) is 7.14. The average molecular weight is 473 g/mol. The summed E-state index contributed by atoms with van der Waals surface area (Å²) in [5.41, 5.74) is 2.62. The standard InChI is InChI=1S/C25H20N4O4S/c1-18(14-19-6-3-2-4-7-19)15-23-24(30)28(17-22-8-5-13-33-22)25(34-23)27-26-16-20-9-11-21(12-10-20)29(31)32/h2-16H,17H2,1H3/b18-14+,23-15-,26-16-,27-25+. The molecule has 0 radical (unpaired) electrons. The first-order valence-electron chi connectivity index (χ1n) is 10.3. The molecule has 0 bridgehead atoms. The third-order valence-electron chi connectivity index (χ3n) is 4.79. The molecule has 170 valence electrons. The molecular formula is C25H20N4O4S. The second-order valence-electron chi connectivity index (χ2n) is 7.36. The van der Waals surface area contributed by atoms with Crippen molar-refractivity contribution in [3.63, 3.8) is 0 Å². The Morgan fingerprint density at radius 2 is 1.85 bits per heavy atom. The third kappa shape index (κ3) is 5.76. The molecule has 0 aliphatic carbocycles. The normalized spacial score (nSPS) is 16.8. The predicted octanol–water partition coefficient (Wildman–Crippen LogP) is 5.64. The number of hydrogen-bond donors (Lipinski definition) is 0. The lowest BCUT2D eigenvalue weighted by atomic mass is 10.1. The van der Waals surface area contributed by atoms with Crippen molar-refractivity contribution in [3.8, 4) is 0 Å². The van der Waals surface area contributed by atoms with Gasteiger partial charge in [0.15, 0.2) is 5.17 Å². The van der Waals surface area contributed by atoms with Crippen molar-refractivity contribution in [2.75, 3.05) is 0 Å². The smallest absolute Gasteiger partial charge is 0.269 e. The lowest BCUT2D eigenvalue weighted by Gasteiger charge is -2.12. The summed E-state index contributed by atoms with van der Waals surface area (Å²) in [6.07, 6.45) is 6.86. The fraction of sp³-hybridized carbons (Fsp3) is 0.0800. The number of thioether (sulfide) groups is 1. The first-order valence-corrected chi connectivity index (χ1v) is 11.1. The van der Waals surface area contributed by atoms with Crippen LogP contribution in [0.5, 0.6) is 0 Å². The van der Waals surface area contributed by atoms with Gasteiger partial charge in [-0.05, 0) is 65.7 Å². The number of amides is 1. The van der Waals surface area contributed by atoms with Crippen LogP contribution in [-0.2, 0) is 11.3 Å². The maximum Gasteiger partial charge on any atom is 0.269 e. The zero-order valence-electron chi connectivity index (χ0n) is 18.2. The van der Waals surface area contributed by atoms with Gasteiger partial charge in [0.25, 0.3) is 11.6 Å². The number of nitrogens with zero attached hydrogens (tertiary/aromatic N) is 4. The molecule has 4 rings (SSSR count). The topological polar surface area (TPSA) is 101 Å². The Balaban J connectivity index is 1.57. The minimum absolute atomic E-state index is 0.00117. The summed E-state index contributed by atoms with van der Waals surface area (Å²) in [5.74, 6) is 0.435. The van der Waals surface area contributed by atoms with Gasteiger partial charge in [-0.25, -0.2) is 0 Å². The van der Waals surface area contributed by atoms with Gasteiger partial charge in [0.1, 0.15) is 5.76 Å². The first kappa shape index (κ1) is 22.9. The molecular weight excluding hydrogens is 452 g/mol. The van der Waals surface area contributed by atoms with Crippen LogP contribution in [0.25, 0.3) is 6.08 Å². The number of nitro benzene ring substituents is 1. The quantitative estimate of drug-likeness (QED) is 0.192. The van der Waals surface area contributed by atoms with Crippen LogP contribution in [0.2, 0.25) is 0 Å². The molecule has 2 heterocycles. The Labute approximate surface area is 200 Å². The Morgan fingerprint density at radius 3 is 2.53 bits per heavy atom. The lowest BCUT2D eigenvalue weighted by molar-refractivity contribution is -0.384. The van der Waals surface area contributed by atoms with E-state index in [1.54, 1.807) is 30.5 Å². The summed E-state index contributed by atoms with van der Waals surface area (Å²) in [6, 6.07) is 19.4. The number of rotatable bonds is 7. The summed E-state index contributed by atoms with van der Waals surface area (Å²) in [7, 11) is 0. The zero-order valence-corrected chi connectivity index (χ0v) is 19.0. The van der Waals surface area contributed by atoms with E-state index in [2.05, 4.69) is 10.2 Å². The molecule has 1 fully saturated rings. The van der Waals surface area contributed by atoms with Crippen molar-refractivity contribution in [3.05, 3.63) is 117 Å². The van der Waals surface area contributed by atoms with Crippen LogP contribution in [0.1, 0.15) is 23.8 Å². The lowest BCUT2D eigenvalue weighted by Crippen LogP contribution is -2.28. The maximum atomic E-state index is 13.1. The minimum Gasteiger partial charge on any atom is -0.467 e. The summed E-state index contributed by atoms with van der Waals surface area (Å²) in [4.78, 5) is 25.5. The molecule has 9 heteroatoms. The fourth-order valence-electron chi connectivity index (χ4n) is 3.17. The van der Waals surface area contributed by atoms with Gasteiger partial charge in [-0.1, -0.05) is 36.4 Å². The number of nitro groups is 1. The zero-order chi connectivity index (χ0) is 23.9. The molecule has 2 aromatic carbocycles. The van der Waals surface area contributed by atoms with E-state index in [9.17, 15) is 14.9 Å². The predicted molar refractivity (Wildman–Crippen MR) is 133 cm³/mol. The minimum atomic E-state index is -0.462. The number of non-ortho nitro benzene ring substituents is 1. The SMILES string of the molecule is CC(/C=C1\S/C(=N/N=C\c2ccc([N+](=O)[O-])cc2)N(Cc2ccco2)C1=O)=C\c1ccccc1. The van der Waals surface area contributed by atoms with Crippen LogP contribution in [-0.4, -0.2) is 27.1 Å². The van der Waals surface area contributed by atoms with Crippen LogP contribution in [0.3, 0.4) is 0 Å². The molecule has 34 heavy (non-hydrogen) atoms. The van der Waals surface area contributed by atoms with E-state index in [4.69, 9.17) is 4.42 Å². The number of carbonyl (C=O) groups is 1. The number of carbonyl (C=O) groups excluding carboxylic acids is 1. The van der Waals surface area contributed by atoms with Gasteiger partial charge in [0.05, 0.1) is 28.9 Å². The second kappa shape index (κ2) is 10.6. The maximum absolute atomic E-state index is 13.1. The van der Waals surface area contributed by atoms with Gasteiger partial charge in [0, 0.05) is 12.1 Å². The van der Waals surface area contributed by atoms with Crippen LogP contribution in [0.15, 0.2) is 104 Å². The number of furan rings is 1. The molecule has 1 amide bonds. The molecule has 1 saturated heterocycles. The van der Waals surface area contributed by atoms with Crippen LogP contribution < -0.4 is 0 Å². The van der Waals surface area contributed by atoms with Gasteiger partial charge >= 0.3 is 0 Å². The van der Waals surface area contributed by atoms with E-state index in [1.807, 2.05) is 49.4 Å². The molecule has 0 unspecified atom stereocenters. The molecule has 3 aromatic rings. The molecule has 0 saturated carbocycles. The largest absolute Gasteiger partial charge is 0.467 e. The van der Waals surface area contributed by atoms with Gasteiger partial charge < -0.3 is 4.42 Å². The molecule has 1 aromatic heterocycles. The third-order valence-corrected chi connectivity index (χ3v) is 5.79. The van der Waals surface area contributed by atoms with Gasteiger partial charge in [-0.15, -0.1) is 5.10 Å². The van der Waals surface area contributed by atoms with Crippen molar-refractivity contribution >= 4 is 40.8 Å². The Bertz CT molecular complexity index is 1290. The van der Waals surface area contributed by atoms with Crippen molar-refractivity contribution in [2.45, 2.75) is 13.5 Å². The molecule has 0 atom stereocenters.